The molecule has 0 saturated carbocycles. The zero-order chi connectivity index (χ0) is 14.5. The van der Waals surface area contributed by atoms with E-state index in [1.165, 1.54) is 12.1 Å². The second kappa shape index (κ2) is 6.53. The molecule has 0 bridgehead atoms. The summed E-state index contributed by atoms with van der Waals surface area (Å²) in [5.74, 6) is 1.24. The molecule has 0 radical (unpaired) electrons. The molecule has 0 aliphatic heterocycles. The van der Waals surface area contributed by atoms with Crippen molar-refractivity contribution in [2.75, 3.05) is 6.54 Å². The van der Waals surface area contributed by atoms with Crippen LogP contribution in [-0.4, -0.2) is 6.54 Å². The van der Waals surface area contributed by atoms with Gasteiger partial charge >= 0.3 is 0 Å². The Balaban J connectivity index is 2.34. The Morgan fingerprint density at radius 1 is 1.15 bits per heavy atom. The average Bonchev–Trinajstić information content (AvgIpc) is 2.43. The highest BCUT2D eigenvalue weighted by molar-refractivity contribution is 5.42. The van der Waals surface area contributed by atoms with Gasteiger partial charge in [-0.05, 0) is 50.2 Å². The monoisotopic (exact) mass is 273 g/mol. The van der Waals surface area contributed by atoms with Gasteiger partial charge in [-0.3, -0.25) is 0 Å². The van der Waals surface area contributed by atoms with Crippen LogP contribution in [0.4, 0.5) is 4.39 Å². The van der Waals surface area contributed by atoms with Crippen LogP contribution in [0.5, 0.6) is 11.5 Å². The number of ether oxygens (including phenoxy) is 1. The van der Waals surface area contributed by atoms with Crippen molar-refractivity contribution in [1.82, 2.24) is 5.32 Å². The molecule has 2 rings (SSSR count). The molecule has 2 aromatic carbocycles. The maximum atomic E-state index is 13.5. The first kappa shape index (κ1) is 14.5. The molecule has 0 fully saturated rings. The summed E-state index contributed by atoms with van der Waals surface area (Å²) in [5.41, 5.74) is 1.88. The predicted molar refractivity (Wildman–Crippen MR) is 79.7 cm³/mol. The Morgan fingerprint density at radius 3 is 2.60 bits per heavy atom. The highest BCUT2D eigenvalue weighted by Gasteiger charge is 2.13. The molecular formula is C17H20FNO. The molecule has 106 valence electrons. The number of hydrogen-bond acceptors (Lipinski definition) is 2. The Hall–Kier alpha value is -1.87. The minimum Gasteiger partial charge on any atom is -0.457 e. The Kier molecular flexibility index (Phi) is 4.74. The molecule has 0 aliphatic carbocycles. The van der Waals surface area contributed by atoms with Crippen LogP contribution in [0.15, 0.2) is 42.5 Å². The first-order valence-corrected chi connectivity index (χ1v) is 6.88. The average molecular weight is 273 g/mol. The fourth-order valence-corrected chi connectivity index (χ4v) is 2.16. The summed E-state index contributed by atoms with van der Waals surface area (Å²) < 4.78 is 19.4. The van der Waals surface area contributed by atoms with Crippen LogP contribution < -0.4 is 10.1 Å². The van der Waals surface area contributed by atoms with Crippen molar-refractivity contribution in [2.45, 2.75) is 26.8 Å². The quantitative estimate of drug-likeness (QED) is 0.859. The zero-order valence-corrected chi connectivity index (χ0v) is 12.1. The molecular weight excluding hydrogens is 253 g/mol. The smallest absolute Gasteiger partial charge is 0.132 e. The molecule has 0 aromatic heterocycles. The molecule has 0 spiro atoms. The first-order valence-electron chi connectivity index (χ1n) is 6.88. The molecule has 20 heavy (non-hydrogen) atoms. The molecule has 2 aromatic rings. The minimum atomic E-state index is -0.248. The summed E-state index contributed by atoms with van der Waals surface area (Å²) in [6, 6.07) is 12.5. The van der Waals surface area contributed by atoms with E-state index in [2.05, 4.69) is 5.32 Å². The van der Waals surface area contributed by atoms with E-state index in [0.29, 0.717) is 5.75 Å². The number of aryl methyl sites for hydroxylation is 1. The number of rotatable bonds is 5. The molecule has 0 aliphatic rings. The van der Waals surface area contributed by atoms with E-state index in [1.54, 1.807) is 6.07 Å². The standard InChI is InChI=1S/C17H20FNO/c1-4-19-13(3)15-11-14(18)9-10-17(15)20-16-8-6-5-7-12(16)2/h5-11,13,19H,4H2,1-3H3. The Morgan fingerprint density at radius 2 is 1.90 bits per heavy atom. The third-order valence-electron chi connectivity index (χ3n) is 3.26. The van der Waals surface area contributed by atoms with Crippen molar-refractivity contribution < 1.29 is 9.13 Å². The second-order valence-corrected chi connectivity index (χ2v) is 4.83. The largest absolute Gasteiger partial charge is 0.457 e. The van der Waals surface area contributed by atoms with Gasteiger partial charge in [-0.25, -0.2) is 4.39 Å². The van der Waals surface area contributed by atoms with Gasteiger partial charge in [0.2, 0.25) is 0 Å². The summed E-state index contributed by atoms with van der Waals surface area (Å²) in [7, 11) is 0. The first-order chi connectivity index (χ1) is 9.61. The van der Waals surface area contributed by atoms with Gasteiger partial charge in [0.1, 0.15) is 17.3 Å². The Labute approximate surface area is 119 Å². The van der Waals surface area contributed by atoms with Crippen LogP contribution in [0.25, 0.3) is 0 Å². The van der Waals surface area contributed by atoms with Crippen LogP contribution in [-0.2, 0) is 0 Å². The number of hydrogen-bond donors (Lipinski definition) is 1. The van der Waals surface area contributed by atoms with Gasteiger partial charge in [-0.1, -0.05) is 25.1 Å². The van der Waals surface area contributed by atoms with E-state index in [4.69, 9.17) is 4.74 Å². The lowest BCUT2D eigenvalue weighted by molar-refractivity contribution is 0.457. The molecule has 0 heterocycles. The summed E-state index contributed by atoms with van der Waals surface area (Å²) >= 11 is 0. The van der Waals surface area contributed by atoms with E-state index < -0.39 is 0 Å². The molecule has 0 saturated heterocycles. The summed E-state index contributed by atoms with van der Waals surface area (Å²) in [4.78, 5) is 0. The van der Waals surface area contributed by atoms with Gasteiger partial charge in [0, 0.05) is 11.6 Å². The number of nitrogens with one attached hydrogen (secondary N) is 1. The van der Waals surface area contributed by atoms with Gasteiger partial charge in [0.15, 0.2) is 0 Å². The molecule has 2 nitrogen and oxygen atoms in total. The van der Waals surface area contributed by atoms with Crippen molar-refractivity contribution in [1.29, 1.82) is 0 Å². The van der Waals surface area contributed by atoms with E-state index in [1.807, 2.05) is 45.0 Å². The van der Waals surface area contributed by atoms with E-state index in [9.17, 15) is 4.39 Å². The molecule has 1 N–H and O–H groups in total. The van der Waals surface area contributed by atoms with Crippen LogP contribution in [0.2, 0.25) is 0 Å². The van der Waals surface area contributed by atoms with E-state index >= 15 is 0 Å². The van der Waals surface area contributed by atoms with Crippen LogP contribution >= 0.6 is 0 Å². The highest BCUT2D eigenvalue weighted by atomic mass is 19.1. The van der Waals surface area contributed by atoms with Gasteiger partial charge in [-0.2, -0.15) is 0 Å². The fourth-order valence-electron chi connectivity index (χ4n) is 2.16. The van der Waals surface area contributed by atoms with Gasteiger partial charge < -0.3 is 10.1 Å². The zero-order valence-electron chi connectivity index (χ0n) is 12.1. The van der Waals surface area contributed by atoms with Crippen molar-refractivity contribution >= 4 is 0 Å². The lowest BCUT2D eigenvalue weighted by atomic mass is 10.1. The van der Waals surface area contributed by atoms with E-state index in [-0.39, 0.29) is 11.9 Å². The Bertz CT molecular complexity index is 583. The number of halogens is 1. The summed E-state index contributed by atoms with van der Waals surface area (Å²) in [5, 5.41) is 3.28. The second-order valence-electron chi connectivity index (χ2n) is 4.83. The number of benzene rings is 2. The minimum absolute atomic E-state index is 0.0368. The van der Waals surface area contributed by atoms with Crippen molar-refractivity contribution in [3.05, 3.63) is 59.4 Å². The third kappa shape index (κ3) is 3.36. The van der Waals surface area contributed by atoms with Crippen molar-refractivity contribution in [2.24, 2.45) is 0 Å². The van der Waals surface area contributed by atoms with Gasteiger partial charge in [-0.15, -0.1) is 0 Å². The normalized spacial score (nSPS) is 12.2. The van der Waals surface area contributed by atoms with Crippen LogP contribution in [0.3, 0.4) is 0 Å². The lowest BCUT2D eigenvalue weighted by Gasteiger charge is -2.18. The molecule has 1 atom stereocenters. The third-order valence-corrected chi connectivity index (χ3v) is 3.26. The lowest BCUT2D eigenvalue weighted by Crippen LogP contribution is -2.18. The SMILES string of the molecule is CCNC(C)c1cc(F)ccc1Oc1ccccc1C. The predicted octanol–water partition coefficient (Wildman–Crippen LogP) is 4.60. The van der Waals surface area contributed by atoms with Crippen molar-refractivity contribution in [3.63, 3.8) is 0 Å². The molecule has 3 heteroatoms. The summed E-state index contributed by atoms with van der Waals surface area (Å²) in [6.45, 7) is 6.84. The van der Waals surface area contributed by atoms with Crippen molar-refractivity contribution in [3.8, 4) is 11.5 Å². The van der Waals surface area contributed by atoms with E-state index in [0.717, 1.165) is 23.4 Å². The maximum absolute atomic E-state index is 13.5. The maximum Gasteiger partial charge on any atom is 0.132 e. The summed E-state index contributed by atoms with van der Waals surface area (Å²) in [6.07, 6.45) is 0. The topological polar surface area (TPSA) is 21.3 Å². The van der Waals surface area contributed by atoms with Gasteiger partial charge in [0.25, 0.3) is 0 Å². The van der Waals surface area contributed by atoms with Gasteiger partial charge in [0.05, 0.1) is 0 Å². The molecule has 1 unspecified atom stereocenters. The van der Waals surface area contributed by atoms with Crippen LogP contribution in [0, 0.1) is 12.7 Å². The highest BCUT2D eigenvalue weighted by Crippen LogP contribution is 2.31. The van der Waals surface area contributed by atoms with Crippen LogP contribution in [0.1, 0.15) is 31.0 Å². The fraction of sp³-hybridized carbons (Fsp3) is 0.294. The molecule has 0 amide bonds. The number of para-hydroxylation sites is 1.